The van der Waals surface area contributed by atoms with Gasteiger partial charge in [-0.25, -0.2) is 19.9 Å². The molecule has 12 rings (SSSR count). The maximum absolute atomic E-state index is 6.76. The fourth-order valence-corrected chi connectivity index (χ4v) is 8.82. The molecule has 0 radical (unpaired) electrons. The van der Waals surface area contributed by atoms with E-state index < -0.39 is 0 Å². The average molecular weight is 805 g/mol. The van der Waals surface area contributed by atoms with E-state index in [1.807, 2.05) is 66.7 Å². The monoisotopic (exact) mass is 804 g/mol. The van der Waals surface area contributed by atoms with Gasteiger partial charge in [-0.1, -0.05) is 200 Å². The minimum Gasteiger partial charge on any atom is -0.455 e. The van der Waals surface area contributed by atoms with Crippen LogP contribution in [0.25, 0.3) is 122 Å². The van der Waals surface area contributed by atoms with E-state index in [1.54, 1.807) is 0 Å². The average Bonchev–Trinajstić information content (AvgIpc) is 3.76. The minimum atomic E-state index is 0.640. The first kappa shape index (κ1) is 36.3. The molecule has 0 N–H and O–H groups in total. The van der Waals surface area contributed by atoms with Crippen molar-refractivity contribution in [3.8, 4) is 78.8 Å². The number of rotatable bonds is 7. The number of para-hydroxylation sites is 2. The number of aromatic nitrogens is 4. The molecule has 5 nitrogen and oxygen atoms in total. The van der Waals surface area contributed by atoms with Crippen LogP contribution < -0.4 is 0 Å². The number of furan rings is 1. The van der Waals surface area contributed by atoms with Crippen LogP contribution in [0.5, 0.6) is 0 Å². The number of nitrogens with zero attached hydrogens (tertiary/aromatic N) is 4. The molecule has 12 aromatic rings. The van der Waals surface area contributed by atoms with Crippen molar-refractivity contribution in [2.45, 2.75) is 0 Å². The largest absolute Gasteiger partial charge is 0.455 e. The second kappa shape index (κ2) is 15.2. The molecule has 0 atom stereocenters. The van der Waals surface area contributed by atoms with Gasteiger partial charge in [0.05, 0.1) is 11.2 Å². The van der Waals surface area contributed by atoms with Gasteiger partial charge < -0.3 is 4.42 Å². The quantitative estimate of drug-likeness (QED) is 0.150. The van der Waals surface area contributed by atoms with Crippen molar-refractivity contribution in [3.05, 3.63) is 218 Å². The lowest BCUT2D eigenvalue weighted by Crippen LogP contribution is -2.00. The number of hydrogen-bond donors (Lipinski definition) is 0. The Bertz CT molecular complexity index is 3570. The fraction of sp³-hybridized carbons (Fsp3) is 0. The van der Waals surface area contributed by atoms with Crippen molar-refractivity contribution < 1.29 is 4.42 Å². The van der Waals surface area contributed by atoms with E-state index in [0.717, 1.165) is 99.6 Å². The first-order valence-corrected chi connectivity index (χ1v) is 21.1. The molecule has 0 fully saturated rings. The van der Waals surface area contributed by atoms with E-state index in [9.17, 15) is 0 Å². The van der Waals surface area contributed by atoms with E-state index in [0.29, 0.717) is 17.5 Å². The maximum atomic E-state index is 6.76. The molecule has 63 heavy (non-hydrogen) atoms. The van der Waals surface area contributed by atoms with Gasteiger partial charge in [0.25, 0.3) is 0 Å². The normalized spacial score (nSPS) is 11.5. The topological polar surface area (TPSA) is 64.7 Å². The molecule has 9 aromatic carbocycles. The van der Waals surface area contributed by atoms with Gasteiger partial charge in [-0.2, -0.15) is 0 Å². The number of fused-ring (bicyclic) bond motifs is 7. The van der Waals surface area contributed by atoms with Gasteiger partial charge >= 0.3 is 0 Å². The molecule has 5 heteroatoms. The summed E-state index contributed by atoms with van der Waals surface area (Å²) in [6.45, 7) is 0. The lowest BCUT2D eigenvalue weighted by atomic mass is 9.95. The molecule has 3 heterocycles. The summed E-state index contributed by atoms with van der Waals surface area (Å²) >= 11 is 0. The van der Waals surface area contributed by atoms with Crippen LogP contribution in [-0.4, -0.2) is 19.9 Å². The van der Waals surface area contributed by atoms with Crippen LogP contribution in [-0.2, 0) is 0 Å². The highest BCUT2D eigenvalue weighted by atomic mass is 16.3. The molecule has 0 unspecified atom stereocenters. The first-order valence-electron chi connectivity index (χ1n) is 21.1. The molecule has 0 bridgehead atoms. The number of pyridine rings is 1. The van der Waals surface area contributed by atoms with Crippen molar-refractivity contribution in [3.63, 3.8) is 0 Å². The zero-order chi connectivity index (χ0) is 41.7. The standard InChI is InChI=1S/C58H36N4O/c1-4-13-42(14-5-1)54-48-35-36-51-53(52(48)47-19-10-11-22-50(47)59-54)49-21-12-20-46(55(49)63-51)41-31-27-39(28-32-41)37-23-25-38(26-24-37)40-29-33-45(34-30-40)58-61-56(43-15-6-2-7-16-43)60-57(62-58)44-17-8-3-9-18-44/h1-36H. The third-order valence-electron chi connectivity index (χ3n) is 12.0. The highest BCUT2D eigenvalue weighted by Crippen LogP contribution is 2.43. The summed E-state index contributed by atoms with van der Waals surface area (Å²) in [6, 6.07) is 75.7. The summed E-state index contributed by atoms with van der Waals surface area (Å²) in [4.78, 5) is 19.8. The number of hydrogen-bond acceptors (Lipinski definition) is 5. The lowest BCUT2D eigenvalue weighted by Gasteiger charge is -2.11. The van der Waals surface area contributed by atoms with Crippen LogP contribution in [0.15, 0.2) is 223 Å². The fourth-order valence-electron chi connectivity index (χ4n) is 8.82. The van der Waals surface area contributed by atoms with Gasteiger partial charge in [-0.05, 0) is 46.0 Å². The predicted molar refractivity (Wildman–Crippen MR) is 258 cm³/mol. The molecule has 3 aromatic heterocycles. The highest BCUT2D eigenvalue weighted by molar-refractivity contribution is 6.29. The Morgan fingerprint density at radius 1 is 0.270 bits per heavy atom. The Balaban J connectivity index is 0.845. The molecule has 0 saturated heterocycles. The van der Waals surface area contributed by atoms with Crippen LogP contribution in [0, 0.1) is 0 Å². The zero-order valence-corrected chi connectivity index (χ0v) is 34.0. The van der Waals surface area contributed by atoms with E-state index in [-0.39, 0.29) is 0 Å². The Kier molecular flexibility index (Phi) is 8.75. The van der Waals surface area contributed by atoms with Crippen molar-refractivity contribution in [2.75, 3.05) is 0 Å². The van der Waals surface area contributed by atoms with Crippen LogP contribution >= 0.6 is 0 Å². The Morgan fingerprint density at radius 3 is 1.27 bits per heavy atom. The van der Waals surface area contributed by atoms with Crippen molar-refractivity contribution in [2.24, 2.45) is 0 Å². The van der Waals surface area contributed by atoms with E-state index in [2.05, 4.69) is 152 Å². The van der Waals surface area contributed by atoms with Crippen LogP contribution in [0.4, 0.5) is 0 Å². The third-order valence-corrected chi connectivity index (χ3v) is 12.0. The Hall–Kier alpha value is -8.54. The van der Waals surface area contributed by atoms with Crippen molar-refractivity contribution in [1.82, 2.24) is 19.9 Å². The van der Waals surface area contributed by atoms with E-state index in [4.69, 9.17) is 24.4 Å². The first-order chi connectivity index (χ1) is 31.2. The molecule has 0 aliphatic rings. The summed E-state index contributed by atoms with van der Waals surface area (Å²) in [5.74, 6) is 1.94. The van der Waals surface area contributed by atoms with Crippen LogP contribution in [0.3, 0.4) is 0 Å². The third kappa shape index (κ3) is 6.51. The summed E-state index contributed by atoms with van der Waals surface area (Å²) in [5, 5.41) is 5.61. The smallest absolute Gasteiger partial charge is 0.164 e. The van der Waals surface area contributed by atoms with E-state index in [1.165, 1.54) is 5.39 Å². The lowest BCUT2D eigenvalue weighted by molar-refractivity contribution is 0.670. The van der Waals surface area contributed by atoms with Gasteiger partial charge in [0, 0.05) is 54.7 Å². The van der Waals surface area contributed by atoms with Gasteiger partial charge in [0.2, 0.25) is 0 Å². The summed E-state index contributed by atoms with van der Waals surface area (Å²) in [7, 11) is 0. The minimum absolute atomic E-state index is 0.640. The van der Waals surface area contributed by atoms with Gasteiger partial charge in [-0.15, -0.1) is 0 Å². The van der Waals surface area contributed by atoms with Gasteiger partial charge in [0.1, 0.15) is 11.2 Å². The van der Waals surface area contributed by atoms with E-state index >= 15 is 0 Å². The van der Waals surface area contributed by atoms with Crippen LogP contribution in [0.2, 0.25) is 0 Å². The Labute approximate surface area is 363 Å². The molecule has 0 amide bonds. The summed E-state index contributed by atoms with van der Waals surface area (Å²) < 4.78 is 6.76. The molecular formula is C58H36N4O. The summed E-state index contributed by atoms with van der Waals surface area (Å²) in [5.41, 5.74) is 14.3. The zero-order valence-electron chi connectivity index (χ0n) is 34.0. The number of benzene rings is 9. The molecular weight excluding hydrogens is 769 g/mol. The van der Waals surface area contributed by atoms with Crippen molar-refractivity contribution >= 4 is 43.6 Å². The highest BCUT2D eigenvalue weighted by Gasteiger charge is 2.19. The molecule has 0 aliphatic heterocycles. The second-order valence-corrected chi connectivity index (χ2v) is 15.8. The van der Waals surface area contributed by atoms with Gasteiger partial charge in [-0.3, -0.25) is 0 Å². The molecule has 294 valence electrons. The molecule has 0 saturated carbocycles. The maximum Gasteiger partial charge on any atom is 0.164 e. The van der Waals surface area contributed by atoms with Crippen LogP contribution in [0.1, 0.15) is 0 Å². The second-order valence-electron chi connectivity index (χ2n) is 15.8. The SMILES string of the molecule is c1ccc(-c2nc(-c3ccccc3)nc(-c3ccc(-c4ccc(-c5ccc(-c6cccc7c6oc6ccc8c(-c9ccccc9)nc9ccccc9c8c67)cc5)cc4)cc3)n2)cc1. The predicted octanol–water partition coefficient (Wildman–Crippen LogP) is 15.1. The Morgan fingerprint density at radius 2 is 0.714 bits per heavy atom. The summed E-state index contributed by atoms with van der Waals surface area (Å²) in [6.07, 6.45) is 0. The molecule has 0 aliphatic carbocycles. The van der Waals surface area contributed by atoms with Crippen molar-refractivity contribution in [1.29, 1.82) is 0 Å². The van der Waals surface area contributed by atoms with Gasteiger partial charge in [0.15, 0.2) is 17.5 Å². The molecule has 0 spiro atoms.